The highest BCUT2D eigenvalue weighted by molar-refractivity contribution is 7.07. The van der Waals surface area contributed by atoms with Gasteiger partial charge in [-0.2, -0.15) is 0 Å². The fourth-order valence-corrected chi connectivity index (χ4v) is 1.93. The van der Waals surface area contributed by atoms with Crippen molar-refractivity contribution in [2.75, 3.05) is 5.73 Å². The summed E-state index contributed by atoms with van der Waals surface area (Å²) in [6.45, 7) is 2.19. The van der Waals surface area contributed by atoms with Crippen LogP contribution >= 0.6 is 11.3 Å². The van der Waals surface area contributed by atoms with Crippen molar-refractivity contribution in [3.63, 3.8) is 0 Å². The quantitative estimate of drug-likeness (QED) is 0.859. The minimum atomic E-state index is -0.185. The first-order valence-electron chi connectivity index (χ1n) is 5.04. The van der Waals surface area contributed by atoms with Crippen LogP contribution in [0.1, 0.15) is 21.7 Å². The average molecular weight is 248 g/mol. The maximum atomic E-state index is 11.9. The number of aromatic nitrogens is 2. The molecule has 2 heterocycles. The van der Waals surface area contributed by atoms with Crippen molar-refractivity contribution >= 4 is 22.9 Å². The van der Waals surface area contributed by atoms with Gasteiger partial charge in [0.2, 0.25) is 0 Å². The van der Waals surface area contributed by atoms with Gasteiger partial charge >= 0.3 is 0 Å². The third kappa shape index (κ3) is 2.79. The van der Waals surface area contributed by atoms with Crippen LogP contribution in [0.4, 0.5) is 5.69 Å². The summed E-state index contributed by atoms with van der Waals surface area (Å²) in [5.41, 5.74) is 9.82. The van der Waals surface area contributed by atoms with Crippen molar-refractivity contribution in [2.45, 2.75) is 13.5 Å². The Morgan fingerprint density at radius 1 is 1.53 bits per heavy atom. The summed E-state index contributed by atoms with van der Waals surface area (Å²) in [5, 5.41) is 4.67. The first-order chi connectivity index (χ1) is 8.16. The second-order valence-corrected chi connectivity index (χ2v) is 4.28. The Bertz CT molecular complexity index is 524. The number of anilines is 1. The molecule has 88 valence electrons. The first-order valence-corrected chi connectivity index (χ1v) is 5.98. The first kappa shape index (κ1) is 11.5. The van der Waals surface area contributed by atoms with Crippen molar-refractivity contribution in [1.82, 2.24) is 15.3 Å². The van der Waals surface area contributed by atoms with Crippen LogP contribution in [-0.4, -0.2) is 15.9 Å². The molecule has 0 spiro atoms. The van der Waals surface area contributed by atoms with E-state index in [9.17, 15) is 4.79 Å². The summed E-state index contributed by atoms with van der Waals surface area (Å²) in [6.07, 6.45) is 1.53. The molecule has 17 heavy (non-hydrogen) atoms. The van der Waals surface area contributed by atoms with Gasteiger partial charge in [0.1, 0.15) is 0 Å². The molecule has 0 saturated carbocycles. The van der Waals surface area contributed by atoms with Crippen LogP contribution < -0.4 is 11.1 Å². The molecule has 1 amide bonds. The Morgan fingerprint density at radius 3 is 3.06 bits per heavy atom. The van der Waals surface area contributed by atoms with Gasteiger partial charge in [0.15, 0.2) is 0 Å². The van der Waals surface area contributed by atoms with Crippen LogP contribution in [0.15, 0.2) is 23.2 Å². The molecule has 0 aliphatic rings. The lowest BCUT2D eigenvalue weighted by atomic mass is 10.2. The predicted octanol–water partition coefficient (Wildman–Crippen LogP) is 1.36. The molecule has 6 heteroatoms. The van der Waals surface area contributed by atoms with Crippen molar-refractivity contribution in [3.8, 4) is 0 Å². The van der Waals surface area contributed by atoms with Crippen LogP contribution in [0.5, 0.6) is 0 Å². The van der Waals surface area contributed by atoms with E-state index >= 15 is 0 Å². The van der Waals surface area contributed by atoms with E-state index in [1.165, 1.54) is 17.5 Å². The van der Waals surface area contributed by atoms with Gasteiger partial charge in [-0.3, -0.25) is 9.78 Å². The van der Waals surface area contributed by atoms with Crippen LogP contribution in [0.25, 0.3) is 0 Å². The predicted molar refractivity (Wildman–Crippen MR) is 66.7 cm³/mol. The number of hydrogen-bond donors (Lipinski definition) is 2. The second kappa shape index (κ2) is 4.92. The van der Waals surface area contributed by atoms with E-state index in [0.717, 1.165) is 5.69 Å². The lowest BCUT2D eigenvalue weighted by Gasteiger charge is -2.06. The summed E-state index contributed by atoms with van der Waals surface area (Å²) in [5.74, 6) is -0.185. The molecule has 0 atom stereocenters. The number of carbonyl (C=O) groups is 1. The number of nitrogens with zero attached hydrogens (tertiary/aromatic N) is 2. The van der Waals surface area contributed by atoms with Crippen molar-refractivity contribution in [1.29, 1.82) is 0 Å². The summed E-state index contributed by atoms with van der Waals surface area (Å²) in [4.78, 5) is 20.0. The SMILES string of the molecule is Cc1ncc(N)cc1C(=O)NCc1cscn1. The summed E-state index contributed by atoms with van der Waals surface area (Å²) in [6, 6.07) is 1.62. The maximum Gasteiger partial charge on any atom is 0.253 e. The third-order valence-corrected chi connectivity index (χ3v) is 2.90. The fraction of sp³-hybridized carbons (Fsp3) is 0.182. The van der Waals surface area contributed by atoms with Crippen LogP contribution in [-0.2, 0) is 6.54 Å². The molecule has 0 saturated heterocycles. The Kier molecular flexibility index (Phi) is 3.34. The normalized spacial score (nSPS) is 10.2. The number of nitrogen functional groups attached to an aromatic ring is 1. The Balaban J connectivity index is 2.07. The number of aryl methyl sites for hydroxylation is 1. The highest BCUT2D eigenvalue weighted by Gasteiger charge is 2.10. The second-order valence-electron chi connectivity index (χ2n) is 3.56. The number of amides is 1. The highest BCUT2D eigenvalue weighted by atomic mass is 32.1. The van der Waals surface area contributed by atoms with Crippen molar-refractivity contribution < 1.29 is 4.79 Å². The van der Waals surface area contributed by atoms with Gasteiger partial charge in [-0.1, -0.05) is 0 Å². The van der Waals surface area contributed by atoms with Gasteiger partial charge in [-0.15, -0.1) is 11.3 Å². The molecule has 2 aromatic heterocycles. The van der Waals surface area contributed by atoms with Crippen LogP contribution in [0.2, 0.25) is 0 Å². The number of pyridine rings is 1. The molecule has 0 aromatic carbocycles. The van der Waals surface area contributed by atoms with Gasteiger partial charge in [0.25, 0.3) is 5.91 Å². The molecule has 2 aromatic rings. The van der Waals surface area contributed by atoms with E-state index < -0.39 is 0 Å². The van der Waals surface area contributed by atoms with Crippen molar-refractivity contribution in [2.24, 2.45) is 0 Å². The Hall–Kier alpha value is -1.95. The van der Waals surface area contributed by atoms with Gasteiger partial charge < -0.3 is 11.1 Å². The zero-order valence-electron chi connectivity index (χ0n) is 9.30. The fourth-order valence-electron chi connectivity index (χ4n) is 1.37. The molecule has 0 aliphatic carbocycles. The number of carbonyl (C=O) groups excluding carboxylic acids is 1. The number of nitrogens with one attached hydrogen (secondary N) is 1. The zero-order chi connectivity index (χ0) is 12.3. The van der Waals surface area contributed by atoms with E-state index in [2.05, 4.69) is 15.3 Å². The molecule has 0 unspecified atom stereocenters. The largest absolute Gasteiger partial charge is 0.397 e. The molecular weight excluding hydrogens is 236 g/mol. The molecule has 0 radical (unpaired) electrons. The number of thiazole rings is 1. The monoisotopic (exact) mass is 248 g/mol. The molecule has 3 N–H and O–H groups in total. The van der Waals surface area contributed by atoms with E-state index in [1.807, 2.05) is 5.38 Å². The third-order valence-electron chi connectivity index (χ3n) is 2.27. The van der Waals surface area contributed by atoms with Crippen LogP contribution in [0, 0.1) is 6.92 Å². The van der Waals surface area contributed by atoms with E-state index in [0.29, 0.717) is 23.5 Å². The standard InChI is InChI=1S/C11H12N4OS/c1-7-10(2-8(12)3-13-7)11(16)14-4-9-5-17-6-15-9/h2-3,5-6H,4,12H2,1H3,(H,14,16). The van der Waals surface area contributed by atoms with Gasteiger partial charge in [-0.05, 0) is 13.0 Å². The van der Waals surface area contributed by atoms with Gasteiger partial charge in [0, 0.05) is 5.38 Å². The van der Waals surface area contributed by atoms with E-state index in [1.54, 1.807) is 18.5 Å². The van der Waals surface area contributed by atoms with E-state index in [4.69, 9.17) is 5.73 Å². The molecular formula is C11H12N4OS. The van der Waals surface area contributed by atoms with Crippen LogP contribution in [0.3, 0.4) is 0 Å². The number of rotatable bonds is 3. The molecule has 0 fully saturated rings. The van der Waals surface area contributed by atoms with Crippen molar-refractivity contribution in [3.05, 3.63) is 40.1 Å². The zero-order valence-corrected chi connectivity index (χ0v) is 10.1. The van der Waals surface area contributed by atoms with E-state index in [-0.39, 0.29) is 5.91 Å². The minimum absolute atomic E-state index is 0.185. The average Bonchev–Trinajstić information content (AvgIpc) is 2.82. The minimum Gasteiger partial charge on any atom is -0.397 e. The maximum absolute atomic E-state index is 11.9. The van der Waals surface area contributed by atoms with Gasteiger partial charge in [0.05, 0.1) is 40.9 Å². The molecule has 5 nitrogen and oxygen atoms in total. The highest BCUT2D eigenvalue weighted by Crippen LogP contribution is 2.09. The Labute approximate surface area is 103 Å². The lowest BCUT2D eigenvalue weighted by molar-refractivity contribution is 0.0949. The molecule has 0 aliphatic heterocycles. The lowest BCUT2D eigenvalue weighted by Crippen LogP contribution is -2.24. The number of nitrogens with two attached hydrogens (primary N) is 1. The number of hydrogen-bond acceptors (Lipinski definition) is 5. The van der Waals surface area contributed by atoms with Gasteiger partial charge in [-0.25, -0.2) is 4.98 Å². The Morgan fingerprint density at radius 2 is 2.35 bits per heavy atom. The topological polar surface area (TPSA) is 80.9 Å². The summed E-state index contributed by atoms with van der Waals surface area (Å²) in [7, 11) is 0. The molecule has 0 bridgehead atoms. The molecule has 2 rings (SSSR count). The summed E-state index contributed by atoms with van der Waals surface area (Å²) < 4.78 is 0. The summed E-state index contributed by atoms with van der Waals surface area (Å²) >= 11 is 1.50. The smallest absolute Gasteiger partial charge is 0.253 e.